The van der Waals surface area contributed by atoms with E-state index in [0.29, 0.717) is 5.75 Å². The minimum Gasteiger partial charge on any atom is -0.410 e. The molecule has 1 aliphatic rings. The van der Waals surface area contributed by atoms with Crippen LogP contribution in [-0.4, -0.2) is 6.09 Å². The zero-order chi connectivity index (χ0) is 15.6. The van der Waals surface area contributed by atoms with Crippen molar-refractivity contribution in [3.05, 3.63) is 83.9 Å². The number of nitrogens with one attached hydrogen (secondary N) is 1. The molecule has 1 amide bonds. The monoisotopic (exact) mass is 301 g/mol. The van der Waals surface area contributed by atoms with Crippen molar-refractivity contribution in [2.75, 3.05) is 5.32 Å². The summed E-state index contributed by atoms with van der Waals surface area (Å²) < 4.78 is 5.25. The van der Waals surface area contributed by atoms with Gasteiger partial charge in [0.2, 0.25) is 0 Å². The number of carbonyl (C=O) groups is 1. The first-order valence-corrected chi connectivity index (χ1v) is 7.55. The molecular formula is C20H15NO2. The minimum atomic E-state index is -0.480. The highest BCUT2D eigenvalue weighted by Crippen LogP contribution is 2.37. The van der Waals surface area contributed by atoms with Crippen LogP contribution in [0.3, 0.4) is 0 Å². The maximum Gasteiger partial charge on any atom is 0.417 e. The van der Waals surface area contributed by atoms with Crippen LogP contribution in [0.1, 0.15) is 11.1 Å². The molecule has 0 aliphatic heterocycles. The van der Waals surface area contributed by atoms with Gasteiger partial charge in [-0.1, -0.05) is 48.5 Å². The van der Waals surface area contributed by atoms with Gasteiger partial charge in [0.05, 0.1) is 0 Å². The van der Waals surface area contributed by atoms with Crippen molar-refractivity contribution in [1.29, 1.82) is 0 Å². The molecule has 0 radical (unpaired) electrons. The first-order chi connectivity index (χ1) is 11.3. The van der Waals surface area contributed by atoms with Crippen LogP contribution in [0.4, 0.5) is 10.5 Å². The molecule has 0 aromatic heterocycles. The summed E-state index contributed by atoms with van der Waals surface area (Å²) in [4.78, 5) is 12.0. The van der Waals surface area contributed by atoms with Crippen LogP contribution in [0, 0.1) is 0 Å². The quantitative estimate of drug-likeness (QED) is 0.573. The van der Waals surface area contributed by atoms with Gasteiger partial charge in [0, 0.05) is 5.69 Å². The van der Waals surface area contributed by atoms with Crippen molar-refractivity contribution in [1.82, 2.24) is 0 Å². The second kappa shape index (κ2) is 5.61. The molecule has 0 atom stereocenters. The van der Waals surface area contributed by atoms with Gasteiger partial charge in [-0.15, -0.1) is 0 Å². The predicted octanol–water partition coefficient (Wildman–Crippen LogP) is 4.87. The lowest BCUT2D eigenvalue weighted by molar-refractivity contribution is 0.215. The molecule has 0 unspecified atom stereocenters. The summed E-state index contributed by atoms with van der Waals surface area (Å²) in [6.45, 7) is 0. The Morgan fingerprint density at radius 3 is 2.43 bits per heavy atom. The fraction of sp³-hybridized carbons (Fsp3) is 0.0500. The summed E-state index contributed by atoms with van der Waals surface area (Å²) in [6.07, 6.45) is 0.418. The lowest BCUT2D eigenvalue weighted by Gasteiger charge is -2.08. The van der Waals surface area contributed by atoms with Crippen molar-refractivity contribution >= 4 is 11.8 Å². The topological polar surface area (TPSA) is 38.3 Å². The largest absolute Gasteiger partial charge is 0.417 e. The number of hydrogen-bond donors (Lipinski definition) is 1. The van der Waals surface area contributed by atoms with E-state index in [1.807, 2.05) is 30.3 Å². The molecule has 3 aromatic carbocycles. The van der Waals surface area contributed by atoms with E-state index in [0.717, 1.165) is 12.1 Å². The maximum absolute atomic E-state index is 12.0. The third-order valence-corrected chi connectivity index (χ3v) is 3.99. The van der Waals surface area contributed by atoms with Crippen molar-refractivity contribution < 1.29 is 9.53 Å². The molecule has 3 heteroatoms. The molecule has 4 rings (SSSR count). The Bertz CT molecular complexity index is 872. The molecule has 0 spiro atoms. The van der Waals surface area contributed by atoms with E-state index >= 15 is 0 Å². The number of benzene rings is 3. The third-order valence-electron chi connectivity index (χ3n) is 3.99. The van der Waals surface area contributed by atoms with Crippen LogP contribution < -0.4 is 10.1 Å². The molecule has 0 bridgehead atoms. The Morgan fingerprint density at radius 1 is 0.826 bits per heavy atom. The van der Waals surface area contributed by atoms with Crippen LogP contribution in [0.5, 0.6) is 5.75 Å². The summed E-state index contributed by atoms with van der Waals surface area (Å²) in [6, 6.07) is 23.4. The van der Waals surface area contributed by atoms with Crippen LogP contribution in [0.25, 0.3) is 11.1 Å². The van der Waals surface area contributed by atoms with E-state index in [4.69, 9.17) is 4.74 Å². The van der Waals surface area contributed by atoms with Crippen LogP contribution in [0.15, 0.2) is 72.8 Å². The van der Waals surface area contributed by atoms with Gasteiger partial charge in [-0.25, -0.2) is 4.79 Å². The highest BCUT2D eigenvalue weighted by Gasteiger charge is 2.18. The number of hydrogen-bond acceptors (Lipinski definition) is 2. The maximum atomic E-state index is 12.0. The number of para-hydroxylation sites is 1. The lowest BCUT2D eigenvalue weighted by Crippen LogP contribution is -2.16. The van der Waals surface area contributed by atoms with Gasteiger partial charge >= 0.3 is 6.09 Å². The zero-order valence-electron chi connectivity index (χ0n) is 12.5. The van der Waals surface area contributed by atoms with E-state index in [9.17, 15) is 4.79 Å². The van der Waals surface area contributed by atoms with E-state index < -0.39 is 6.09 Å². The number of carbonyl (C=O) groups excluding carboxylic acids is 1. The number of anilines is 1. The Morgan fingerprint density at radius 2 is 1.57 bits per heavy atom. The van der Waals surface area contributed by atoms with Crippen molar-refractivity contribution in [2.24, 2.45) is 0 Å². The Hall–Kier alpha value is -3.07. The molecule has 0 heterocycles. The molecule has 0 fully saturated rings. The molecule has 3 aromatic rings. The SMILES string of the molecule is O=C(Nc1ccc2c(c1)Cc1ccccc1-2)Oc1ccccc1. The van der Waals surface area contributed by atoms with Gasteiger partial charge in [-0.05, 0) is 52.9 Å². The zero-order valence-corrected chi connectivity index (χ0v) is 12.5. The smallest absolute Gasteiger partial charge is 0.410 e. The summed E-state index contributed by atoms with van der Waals surface area (Å²) in [5.74, 6) is 0.526. The van der Waals surface area contributed by atoms with Gasteiger partial charge in [0.1, 0.15) is 5.75 Å². The van der Waals surface area contributed by atoms with Crippen molar-refractivity contribution in [3.8, 4) is 16.9 Å². The summed E-state index contributed by atoms with van der Waals surface area (Å²) in [5.41, 5.74) is 5.82. The first kappa shape index (κ1) is 13.6. The van der Waals surface area contributed by atoms with E-state index in [1.54, 1.807) is 12.1 Å². The van der Waals surface area contributed by atoms with Gasteiger partial charge < -0.3 is 4.74 Å². The number of ether oxygens (including phenoxy) is 1. The Balaban J connectivity index is 1.51. The third kappa shape index (κ3) is 2.69. The van der Waals surface area contributed by atoms with Crippen LogP contribution in [0.2, 0.25) is 0 Å². The average Bonchev–Trinajstić information content (AvgIpc) is 2.93. The standard InChI is InChI=1S/C20H15NO2/c22-20(23-17-7-2-1-3-8-17)21-16-10-11-19-15(13-16)12-14-6-4-5-9-18(14)19/h1-11,13H,12H2,(H,21,22). The second-order valence-corrected chi connectivity index (χ2v) is 5.53. The molecule has 0 saturated heterocycles. The second-order valence-electron chi connectivity index (χ2n) is 5.53. The lowest BCUT2D eigenvalue weighted by atomic mass is 10.1. The highest BCUT2D eigenvalue weighted by atomic mass is 16.6. The molecule has 1 aliphatic carbocycles. The van der Waals surface area contributed by atoms with Crippen LogP contribution in [-0.2, 0) is 6.42 Å². The predicted molar refractivity (Wildman–Crippen MR) is 90.8 cm³/mol. The highest BCUT2D eigenvalue weighted by molar-refractivity contribution is 5.88. The fourth-order valence-corrected chi connectivity index (χ4v) is 2.96. The Labute approximate surface area is 134 Å². The van der Waals surface area contributed by atoms with Gasteiger partial charge in [0.25, 0.3) is 0 Å². The molecule has 1 N–H and O–H groups in total. The number of amides is 1. The van der Waals surface area contributed by atoms with E-state index in [1.165, 1.54) is 22.3 Å². The average molecular weight is 301 g/mol. The molecule has 112 valence electrons. The van der Waals surface area contributed by atoms with Gasteiger partial charge in [-0.3, -0.25) is 5.32 Å². The Kier molecular flexibility index (Phi) is 3.31. The van der Waals surface area contributed by atoms with Gasteiger partial charge in [-0.2, -0.15) is 0 Å². The first-order valence-electron chi connectivity index (χ1n) is 7.55. The summed E-state index contributed by atoms with van der Waals surface area (Å²) >= 11 is 0. The van der Waals surface area contributed by atoms with Crippen molar-refractivity contribution in [3.63, 3.8) is 0 Å². The minimum absolute atomic E-state index is 0.480. The van der Waals surface area contributed by atoms with E-state index in [2.05, 4.69) is 35.6 Å². The summed E-state index contributed by atoms with van der Waals surface area (Å²) in [5, 5.41) is 2.79. The summed E-state index contributed by atoms with van der Waals surface area (Å²) in [7, 11) is 0. The van der Waals surface area contributed by atoms with Crippen LogP contribution >= 0.6 is 0 Å². The fourth-order valence-electron chi connectivity index (χ4n) is 2.96. The normalized spacial score (nSPS) is 11.5. The molecule has 23 heavy (non-hydrogen) atoms. The van der Waals surface area contributed by atoms with Crippen molar-refractivity contribution in [2.45, 2.75) is 6.42 Å². The number of rotatable bonds is 2. The van der Waals surface area contributed by atoms with Gasteiger partial charge in [0.15, 0.2) is 0 Å². The number of fused-ring (bicyclic) bond motifs is 3. The molecule has 0 saturated carbocycles. The van der Waals surface area contributed by atoms with E-state index in [-0.39, 0.29) is 0 Å². The molecule has 3 nitrogen and oxygen atoms in total. The molecular weight excluding hydrogens is 286 g/mol.